The predicted octanol–water partition coefficient (Wildman–Crippen LogP) is 6.15. The van der Waals surface area contributed by atoms with Crippen LogP contribution < -0.4 is 10.1 Å². The predicted molar refractivity (Wildman–Crippen MR) is 106 cm³/mol. The van der Waals surface area contributed by atoms with Gasteiger partial charge in [-0.25, -0.2) is 4.98 Å². The second kappa shape index (κ2) is 8.75. The first kappa shape index (κ1) is 19.0. The van der Waals surface area contributed by atoms with E-state index >= 15 is 0 Å². The summed E-state index contributed by atoms with van der Waals surface area (Å²) in [5.41, 5.74) is 2.30. The van der Waals surface area contributed by atoms with E-state index in [1.165, 1.54) is 23.6 Å². The van der Waals surface area contributed by atoms with Crippen molar-refractivity contribution in [1.82, 2.24) is 4.98 Å². The lowest BCUT2D eigenvalue weighted by molar-refractivity contribution is -0.0493. The van der Waals surface area contributed by atoms with Gasteiger partial charge in [0.05, 0.1) is 11.4 Å². The van der Waals surface area contributed by atoms with Gasteiger partial charge in [-0.3, -0.25) is 0 Å². The number of benzene rings is 2. The van der Waals surface area contributed by atoms with Crippen LogP contribution >= 0.6 is 27.3 Å². The molecule has 3 rings (SSSR count). The molecule has 8 heteroatoms. The molecule has 3 aromatic rings. The molecule has 0 aliphatic carbocycles. The maximum Gasteiger partial charge on any atom is 0.387 e. The van der Waals surface area contributed by atoms with Crippen molar-refractivity contribution < 1.29 is 13.5 Å². The second-order valence-corrected chi connectivity index (χ2v) is 7.01. The van der Waals surface area contributed by atoms with Gasteiger partial charge in [-0.1, -0.05) is 40.2 Å². The molecule has 0 aliphatic rings. The monoisotopic (exact) mass is 447 g/mol. The first-order chi connectivity index (χ1) is 13.1. The molecule has 0 spiro atoms. The van der Waals surface area contributed by atoms with Gasteiger partial charge < -0.3 is 10.1 Å². The fourth-order valence-corrected chi connectivity index (χ4v) is 3.29. The number of aromatic nitrogens is 1. The molecule has 1 heterocycles. The van der Waals surface area contributed by atoms with Gasteiger partial charge in [0.1, 0.15) is 22.4 Å². The van der Waals surface area contributed by atoms with Crippen molar-refractivity contribution in [1.29, 1.82) is 5.26 Å². The average molecular weight is 448 g/mol. The number of para-hydroxylation sites is 2. The largest absolute Gasteiger partial charge is 0.433 e. The lowest BCUT2D eigenvalue weighted by Crippen LogP contribution is -2.04. The Balaban J connectivity index is 1.82. The summed E-state index contributed by atoms with van der Waals surface area (Å²) in [4.78, 5) is 4.49. The number of thiazole rings is 1. The topological polar surface area (TPSA) is 57.9 Å². The minimum absolute atomic E-state index is 0.00395. The van der Waals surface area contributed by atoms with Gasteiger partial charge in [0.25, 0.3) is 0 Å². The lowest BCUT2D eigenvalue weighted by atomic mass is 10.2. The van der Waals surface area contributed by atoms with E-state index in [2.05, 4.69) is 37.0 Å². The smallest absolute Gasteiger partial charge is 0.387 e. The third-order valence-corrected chi connectivity index (χ3v) is 4.87. The summed E-state index contributed by atoms with van der Waals surface area (Å²) in [6.45, 7) is -2.93. The summed E-state index contributed by atoms with van der Waals surface area (Å²) in [5.74, 6) is -0.00395. The van der Waals surface area contributed by atoms with E-state index in [0.29, 0.717) is 10.7 Å². The molecule has 0 radical (unpaired) electrons. The van der Waals surface area contributed by atoms with E-state index in [1.54, 1.807) is 18.2 Å². The van der Waals surface area contributed by atoms with Crippen molar-refractivity contribution in [3.05, 3.63) is 69.6 Å². The molecule has 0 atom stereocenters. The summed E-state index contributed by atoms with van der Waals surface area (Å²) in [7, 11) is 0. The van der Waals surface area contributed by atoms with Gasteiger partial charge in [-0.15, -0.1) is 11.3 Å². The van der Waals surface area contributed by atoms with Gasteiger partial charge in [-0.05, 0) is 24.3 Å². The number of alkyl halides is 2. The minimum Gasteiger partial charge on any atom is -0.433 e. The Morgan fingerprint density at radius 3 is 2.67 bits per heavy atom. The number of rotatable bonds is 6. The zero-order chi connectivity index (χ0) is 19.2. The Morgan fingerprint density at radius 1 is 1.22 bits per heavy atom. The van der Waals surface area contributed by atoms with Crippen LogP contribution in [0.3, 0.4) is 0 Å². The Labute approximate surface area is 166 Å². The van der Waals surface area contributed by atoms with E-state index in [-0.39, 0.29) is 11.3 Å². The molecule has 0 aliphatic heterocycles. The number of nitrogens with one attached hydrogen (secondary N) is 1. The minimum atomic E-state index is -2.93. The van der Waals surface area contributed by atoms with E-state index in [4.69, 9.17) is 0 Å². The molecule has 0 fully saturated rings. The van der Waals surface area contributed by atoms with Crippen LogP contribution in [0.25, 0.3) is 16.8 Å². The number of allylic oxidation sites excluding steroid dienone is 1. The lowest BCUT2D eigenvalue weighted by Gasteiger charge is -2.10. The molecule has 4 nitrogen and oxygen atoms in total. The maximum atomic E-state index is 12.5. The molecule has 0 bridgehead atoms. The standard InChI is InChI=1S/C19H12BrF2N3OS/c20-14-7-5-12(6-8-14)16-11-27-18(25-16)13(9-23)10-24-15-3-1-2-4-17(15)26-19(21)22/h1-8,10-11,19,24H. The van der Waals surface area contributed by atoms with Crippen LogP contribution in [0.15, 0.2) is 64.6 Å². The van der Waals surface area contributed by atoms with Crippen molar-refractivity contribution in [3.8, 4) is 23.1 Å². The Kier molecular flexibility index (Phi) is 6.16. The molecular weight excluding hydrogens is 436 g/mol. The highest BCUT2D eigenvalue weighted by molar-refractivity contribution is 9.10. The van der Waals surface area contributed by atoms with Gasteiger partial charge in [-0.2, -0.15) is 14.0 Å². The summed E-state index contributed by atoms with van der Waals surface area (Å²) < 4.78 is 30.4. The zero-order valence-electron chi connectivity index (χ0n) is 13.7. The van der Waals surface area contributed by atoms with Crippen LogP contribution in [-0.4, -0.2) is 11.6 Å². The third kappa shape index (κ3) is 4.90. The summed E-state index contributed by atoms with van der Waals surface area (Å²) >= 11 is 4.71. The van der Waals surface area contributed by atoms with E-state index < -0.39 is 6.61 Å². The van der Waals surface area contributed by atoms with Crippen LogP contribution in [0.1, 0.15) is 5.01 Å². The SMILES string of the molecule is N#CC(=CNc1ccccc1OC(F)F)c1nc(-c2ccc(Br)cc2)cs1. The Bertz CT molecular complexity index is 997. The summed E-state index contributed by atoms with van der Waals surface area (Å²) in [6.07, 6.45) is 1.43. The molecule has 0 saturated heterocycles. The number of halogens is 3. The highest BCUT2D eigenvalue weighted by Crippen LogP contribution is 2.29. The van der Waals surface area contributed by atoms with Crippen LogP contribution in [0, 0.1) is 11.3 Å². The number of ether oxygens (including phenoxy) is 1. The van der Waals surface area contributed by atoms with E-state index in [1.807, 2.05) is 29.6 Å². The van der Waals surface area contributed by atoms with Crippen LogP contribution in [0.5, 0.6) is 5.75 Å². The van der Waals surface area contributed by atoms with Crippen molar-refractivity contribution in [2.24, 2.45) is 0 Å². The van der Waals surface area contributed by atoms with Gasteiger partial charge in [0.15, 0.2) is 0 Å². The molecule has 0 saturated carbocycles. The number of nitrogens with zero attached hydrogens (tertiary/aromatic N) is 2. The first-order valence-electron chi connectivity index (χ1n) is 7.69. The van der Waals surface area contributed by atoms with Gasteiger partial charge in [0, 0.05) is 21.6 Å². The summed E-state index contributed by atoms with van der Waals surface area (Å²) in [6, 6.07) is 16.0. The Morgan fingerprint density at radius 2 is 1.96 bits per heavy atom. The maximum absolute atomic E-state index is 12.5. The van der Waals surface area contributed by atoms with Crippen molar-refractivity contribution in [2.45, 2.75) is 6.61 Å². The van der Waals surface area contributed by atoms with Gasteiger partial charge >= 0.3 is 6.61 Å². The quantitative estimate of drug-likeness (QED) is 0.460. The molecule has 0 unspecified atom stereocenters. The second-order valence-electron chi connectivity index (χ2n) is 5.23. The van der Waals surface area contributed by atoms with Crippen molar-refractivity contribution in [2.75, 3.05) is 5.32 Å². The fourth-order valence-electron chi connectivity index (χ4n) is 2.23. The Hall–Kier alpha value is -2.76. The average Bonchev–Trinajstić information content (AvgIpc) is 3.13. The van der Waals surface area contributed by atoms with Gasteiger partial charge in [0.2, 0.25) is 0 Å². The van der Waals surface area contributed by atoms with Crippen molar-refractivity contribution in [3.63, 3.8) is 0 Å². The normalized spacial score (nSPS) is 11.3. The molecule has 1 aromatic heterocycles. The van der Waals surface area contributed by atoms with Crippen LogP contribution in [0.2, 0.25) is 0 Å². The number of hydrogen-bond acceptors (Lipinski definition) is 5. The van der Waals surface area contributed by atoms with E-state index in [0.717, 1.165) is 15.7 Å². The molecule has 0 amide bonds. The fraction of sp³-hybridized carbons (Fsp3) is 0.0526. The molecule has 2 aromatic carbocycles. The van der Waals surface area contributed by atoms with E-state index in [9.17, 15) is 14.0 Å². The number of anilines is 1. The molecular formula is C19H12BrF2N3OS. The molecule has 136 valence electrons. The number of nitriles is 1. The van der Waals surface area contributed by atoms with Crippen LogP contribution in [0.4, 0.5) is 14.5 Å². The molecule has 27 heavy (non-hydrogen) atoms. The zero-order valence-corrected chi connectivity index (χ0v) is 16.1. The first-order valence-corrected chi connectivity index (χ1v) is 9.36. The van der Waals surface area contributed by atoms with Crippen LogP contribution in [-0.2, 0) is 0 Å². The van der Waals surface area contributed by atoms with Crippen molar-refractivity contribution >= 4 is 38.5 Å². The highest BCUT2D eigenvalue weighted by atomic mass is 79.9. The molecule has 1 N–H and O–H groups in total. The number of hydrogen-bond donors (Lipinski definition) is 1. The summed E-state index contributed by atoms with van der Waals surface area (Å²) in [5, 5.41) is 14.7. The highest BCUT2D eigenvalue weighted by Gasteiger charge is 2.11. The third-order valence-electron chi connectivity index (χ3n) is 3.47.